The highest BCUT2D eigenvalue weighted by Crippen LogP contribution is 2.34. The Bertz CT molecular complexity index is 286. The standard InChI is InChI=1S/C8H10N2O/c1-6(11)8-4-10(5-9-8)7-2-3-7/h4-5,7H,2-3H2,1H3. The van der Waals surface area contributed by atoms with Crippen LogP contribution >= 0.6 is 0 Å². The highest BCUT2D eigenvalue weighted by Gasteiger charge is 2.23. The molecule has 0 saturated heterocycles. The number of ketones is 1. The van der Waals surface area contributed by atoms with Gasteiger partial charge in [0, 0.05) is 19.2 Å². The van der Waals surface area contributed by atoms with E-state index in [0.717, 1.165) is 0 Å². The van der Waals surface area contributed by atoms with E-state index in [0.29, 0.717) is 11.7 Å². The summed E-state index contributed by atoms with van der Waals surface area (Å²) < 4.78 is 2.02. The molecule has 11 heavy (non-hydrogen) atoms. The molecular weight excluding hydrogens is 140 g/mol. The fourth-order valence-corrected chi connectivity index (χ4v) is 1.09. The highest BCUT2D eigenvalue weighted by molar-refractivity contribution is 5.91. The van der Waals surface area contributed by atoms with Gasteiger partial charge in [0.25, 0.3) is 0 Å². The molecule has 1 aliphatic carbocycles. The van der Waals surface area contributed by atoms with E-state index in [9.17, 15) is 4.79 Å². The first-order valence-electron chi connectivity index (χ1n) is 3.82. The summed E-state index contributed by atoms with van der Waals surface area (Å²) in [5.41, 5.74) is 0.580. The summed E-state index contributed by atoms with van der Waals surface area (Å²) in [6.45, 7) is 1.54. The molecule has 0 amide bonds. The second-order valence-electron chi connectivity index (χ2n) is 2.99. The van der Waals surface area contributed by atoms with Crippen LogP contribution < -0.4 is 0 Å². The van der Waals surface area contributed by atoms with Gasteiger partial charge < -0.3 is 4.57 Å². The maximum Gasteiger partial charge on any atom is 0.179 e. The van der Waals surface area contributed by atoms with E-state index in [1.165, 1.54) is 12.8 Å². The predicted octanol–water partition coefficient (Wildman–Crippen LogP) is 1.42. The minimum atomic E-state index is 0.0457. The minimum absolute atomic E-state index is 0.0457. The molecule has 0 bridgehead atoms. The maximum absolute atomic E-state index is 10.8. The molecule has 0 aliphatic heterocycles. The molecule has 2 rings (SSSR count). The Morgan fingerprint density at radius 3 is 2.91 bits per heavy atom. The van der Waals surface area contributed by atoms with Gasteiger partial charge in [-0.25, -0.2) is 4.98 Å². The van der Waals surface area contributed by atoms with Crippen molar-refractivity contribution in [2.24, 2.45) is 0 Å². The van der Waals surface area contributed by atoms with Gasteiger partial charge in [0.05, 0.1) is 6.33 Å². The van der Waals surface area contributed by atoms with Gasteiger partial charge in [0.15, 0.2) is 5.78 Å². The molecule has 1 aliphatic rings. The van der Waals surface area contributed by atoms with E-state index in [-0.39, 0.29) is 5.78 Å². The zero-order valence-corrected chi connectivity index (χ0v) is 6.45. The van der Waals surface area contributed by atoms with Crippen LogP contribution in [0.4, 0.5) is 0 Å². The van der Waals surface area contributed by atoms with Crippen LogP contribution in [0.1, 0.15) is 36.3 Å². The number of rotatable bonds is 2. The molecule has 58 valence electrons. The Hall–Kier alpha value is -1.12. The first-order valence-corrected chi connectivity index (χ1v) is 3.82. The average molecular weight is 150 g/mol. The molecule has 1 fully saturated rings. The number of hydrogen-bond donors (Lipinski definition) is 0. The zero-order valence-electron chi connectivity index (χ0n) is 6.45. The Kier molecular flexibility index (Phi) is 1.31. The van der Waals surface area contributed by atoms with Crippen molar-refractivity contribution in [3.05, 3.63) is 18.2 Å². The van der Waals surface area contributed by atoms with Crippen molar-refractivity contribution >= 4 is 5.78 Å². The van der Waals surface area contributed by atoms with Crippen LogP contribution in [-0.4, -0.2) is 15.3 Å². The van der Waals surface area contributed by atoms with Gasteiger partial charge in [-0.05, 0) is 12.8 Å². The Morgan fingerprint density at radius 1 is 1.73 bits per heavy atom. The summed E-state index contributed by atoms with van der Waals surface area (Å²) in [5.74, 6) is 0.0457. The van der Waals surface area contributed by atoms with E-state index in [2.05, 4.69) is 4.98 Å². The molecule has 0 atom stereocenters. The first-order chi connectivity index (χ1) is 5.27. The van der Waals surface area contributed by atoms with Crippen LogP contribution in [0.5, 0.6) is 0 Å². The number of carbonyl (C=O) groups is 1. The Morgan fingerprint density at radius 2 is 2.45 bits per heavy atom. The summed E-state index contributed by atoms with van der Waals surface area (Å²) in [6, 6.07) is 0.621. The van der Waals surface area contributed by atoms with Gasteiger partial charge >= 0.3 is 0 Å². The summed E-state index contributed by atoms with van der Waals surface area (Å²) in [4.78, 5) is 14.8. The van der Waals surface area contributed by atoms with Gasteiger partial charge in [0.1, 0.15) is 5.69 Å². The fraction of sp³-hybridized carbons (Fsp3) is 0.500. The third-order valence-corrected chi connectivity index (χ3v) is 1.93. The van der Waals surface area contributed by atoms with Crippen molar-refractivity contribution in [2.45, 2.75) is 25.8 Å². The smallest absolute Gasteiger partial charge is 0.179 e. The molecule has 1 aromatic heterocycles. The third kappa shape index (κ3) is 1.18. The number of carbonyl (C=O) groups excluding carboxylic acids is 1. The molecule has 3 heteroatoms. The normalized spacial score (nSPS) is 16.8. The average Bonchev–Trinajstić information content (AvgIpc) is 2.68. The van der Waals surface area contributed by atoms with E-state index in [1.54, 1.807) is 13.3 Å². The number of hydrogen-bond acceptors (Lipinski definition) is 2. The molecule has 0 spiro atoms. The number of Topliss-reactive ketones (excluding diaryl/α,β-unsaturated/α-hetero) is 1. The lowest BCUT2D eigenvalue weighted by Gasteiger charge is -1.92. The van der Waals surface area contributed by atoms with Gasteiger partial charge in [-0.15, -0.1) is 0 Å². The summed E-state index contributed by atoms with van der Waals surface area (Å²) in [6.07, 6.45) is 6.04. The largest absolute Gasteiger partial charge is 0.334 e. The molecule has 3 nitrogen and oxygen atoms in total. The van der Waals surface area contributed by atoms with E-state index >= 15 is 0 Å². The summed E-state index contributed by atoms with van der Waals surface area (Å²) in [5, 5.41) is 0. The fourth-order valence-electron chi connectivity index (χ4n) is 1.09. The maximum atomic E-state index is 10.8. The minimum Gasteiger partial charge on any atom is -0.334 e. The van der Waals surface area contributed by atoms with E-state index < -0.39 is 0 Å². The van der Waals surface area contributed by atoms with Crippen molar-refractivity contribution in [3.63, 3.8) is 0 Å². The third-order valence-electron chi connectivity index (χ3n) is 1.93. The quantitative estimate of drug-likeness (QED) is 0.597. The molecule has 0 aromatic carbocycles. The van der Waals surface area contributed by atoms with Crippen LogP contribution in [0.25, 0.3) is 0 Å². The number of nitrogens with zero attached hydrogens (tertiary/aromatic N) is 2. The predicted molar refractivity (Wildman–Crippen MR) is 40.5 cm³/mol. The Labute approximate surface area is 65.1 Å². The lowest BCUT2D eigenvalue weighted by Crippen LogP contribution is -1.91. The van der Waals surface area contributed by atoms with Crippen LogP contribution in [0.15, 0.2) is 12.5 Å². The second-order valence-corrected chi connectivity index (χ2v) is 2.99. The highest BCUT2D eigenvalue weighted by atomic mass is 16.1. The van der Waals surface area contributed by atoms with Gasteiger partial charge in [0.2, 0.25) is 0 Å². The molecule has 1 saturated carbocycles. The topological polar surface area (TPSA) is 34.9 Å². The summed E-state index contributed by atoms with van der Waals surface area (Å²) >= 11 is 0. The second kappa shape index (κ2) is 2.19. The molecular formula is C8H10N2O. The lowest BCUT2D eigenvalue weighted by molar-refractivity contribution is 0.101. The molecule has 0 N–H and O–H groups in total. The van der Waals surface area contributed by atoms with E-state index in [4.69, 9.17) is 0 Å². The monoisotopic (exact) mass is 150 g/mol. The van der Waals surface area contributed by atoms with Gasteiger partial charge in [-0.1, -0.05) is 0 Å². The lowest BCUT2D eigenvalue weighted by atomic mass is 10.3. The van der Waals surface area contributed by atoms with Gasteiger partial charge in [-0.2, -0.15) is 0 Å². The van der Waals surface area contributed by atoms with Crippen LogP contribution in [-0.2, 0) is 0 Å². The van der Waals surface area contributed by atoms with Crippen LogP contribution in [0, 0.1) is 0 Å². The number of aromatic nitrogens is 2. The van der Waals surface area contributed by atoms with Crippen LogP contribution in [0.3, 0.4) is 0 Å². The SMILES string of the molecule is CC(=O)c1cn(C2CC2)cn1. The van der Waals surface area contributed by atoms with Gasteiger partial charge in [-0.3, -0.25) is 4.79 Å². The van der Waals surface area contributed by atoms with Crippen molar-refractivity contribution in [1.82, 2.24) is 9.55 Å². The molecule has 1 aromatic rings. The van der Waals surface area contributed by atoms with Crippen molar-refractivity contribution < 1.29 is 4.79 Å². The van der Waals surface area contributed by atoms with E-state index in [1.807, 2.05) is 10.8 Å². The van der Waals surface area contributed by atoms with Crippen molar-refractivity contribution in [3.8, 4) is 0 Å². The molecule has 1 heterocycles. The first kappa shape index (κ1) is 6.58. The zero-order chi connectivity index (χ0) is 7.84. The Balaban J connectivity index is 2.25. The number of imidazole rings is 1. The van der Waals surface area contributed by atoms with Crippen LogP contribution in [0.2, 0.25) is 0 Å². The molecule has 0 unspecified atom stereocenters. The molecule has 0 radical (unpaired) electrons. The van der Waals surface area contributed by atoms with Crippen molar-refractivity contribution in [1.29, 1.82) is 0 Å². The van der Waals surface area contributed by atoms with Crippen molar-refractivity contribution in [2.75, 3.05) is 0 Å². The summed E-state index contributed by atoms with van der Waals surface area (Å²) in [7, 11) is 0.